The fraction of sp³-hybridized carbons (Fsp3) is 0.476. The molecular weight excluding hydrogens is 350 g/mol. The molecule has 2 heterocycles. The molecule has 4 rings (SSSR count). The van der Waals surface area contributed by atoms with E-state index in [4.69, 9.17) is 15.7 Å². The second kappa shape index (κ2) is 8.03. The summed E-state index contributed by atoms with van der Waals surface area (Å²) >= 11 is 0. The summed E-state index contributed by atoms with van der Waals surface area (Å²) in [7, 11) is 0. The molecule has 1 atom stereocenters. The number of nitrogens with zero attached hydrogens (tertiary/aromatic N) is 4. The second-order valence-electron chi connectivity index (χ2n) is 7.62. The van der Waals surface area contributed by atoms with Crippen LogP contribution in [0.4, 0.5) is 23.1 Å². The number of hydrogen-bond donors (Lipinski definition) is 3. The molecule has 4 N–H and O–H groups in total. The molecule has 1 aromatic heterocycles. The summed E-state index contributed by atoms with van der Waals surface area (Å²) in [5.74, 6) is 1.64. The van der Waals surface area contributed by atoms with Crippen LogP contribution < -0.4 is 21.3 Å². The van der Waals surface area contributed by atoms with Crippen LogP contribution in [-0.2, 0) is 12.8 Å². The zero-order valence-corrected chi connectivity index (χ0v) is 16.3. The molecule has 7 heteroatoms. The van der Waals surface area contributed by atoms with Gasteiger partial charge in [-0.05, 0) is 56.8 Å². The monoisotopic (exact) mass is 377 g/mol. The van der Waals surface area contributed by atoms with E-state index >= 15 is 0 Å². The molecule has 1 aliphatic carbocycles. The smallest absolute Gasteiger partial charge is 0.229 e. The fourth-order valence-corrected chi connectivity index (χ4v) is 4.12. The topological polar surface area (TPSA) is 103 Å². The maximum absolute atomic E-state index is 9.18. The van der Waals surface area contributed by atoms with Gasteiger partial charge in [-0.1, -0.05) is 6.92 Å². The lowest BCUT2D eigenvalue weighted by Crippen LogP contribution is -2.33. The van der Waals surface area contributed by atoms with E-state index < -0.39 is 0 Å². The summed E-state index contributed by atoms with van der Waals surface area (Å²) in [6, 6.07) is 7.90. The van der Waals surface area contributed by atoms with Gasteiger partial charge in [0.2, 0.25) is 5.95 Å². The quantitative estimate of drug-likeness (QED) is 0.665. The van der Waals surface area contributed by atoms with Gasteiger partial charge in [0.15, 0.2) is 0 Å². The molecule has 2 aliphatic rings. The molecule has 0 unspecified atom stereocenters. The molecule has 0 radical (unpaired) electrons. The Labute approximate surface area is 166 Å². The highest BCUT2D eigenvalue weighted by atomic mass is 15.3. The van der Waals surface area contributed by atoms with E-state index in [0.29, 0.717) is 23.2 Å². The highest BCUT2D eigenvalue weighted by Crippen LogP contribution is 2.32. The van der Waals surface area contributed by atoms with E-state index in [1.807, 2.05) is 0 Å². The number of aromatic nitrogens is 2. The van der Waals surface area contributed by atoms with Crippen LogP contribution in [-0.4, -0.2) is 35.6 Å². The number of nitrogen functional groups attached to an aromatic ring is 1. The predicted molar refractivity (Wildman–Crippen MR) is 112 cm³/mol. The lowest BCUT2D eigenvalue weighted by atomic mass is 10.2. The Morgan fingerprint density at radius 3 is 3.00 bits per heavy atom. The Morgan fingerprint density at radius 2 is 2.18 bits per heavy atom. The number of aryl methyl sites for hydroxylation is 1. The van der Waals surface area contributed by atoms with Crippen LogP contribution in [0.25, 0.3) is 0 Å². The molecule has 7 nitrogen and oxygen atoms in total. The van der Waals surface area contributed by atoms with Crippen molar-refractivity contribution in [3.8, 4) is 6.07 Å². The molecule has 1 saturated heterocycles. The van der Waals surface area contributed by atoms with Crippen LogP contribution in [0.5, 0.6) is 0 Å². The van der Waals surface area contributed by atoms with Crippen molar-refractivity contribution in [3.05, 3.63) is 35.0 Å². The maximum atomic E-state index is 9.18. The van der Waals surface area contributed by atoms with E-state index in [9.17, 15) is 5.26 Å². The summed E-state index contributed by atoms with van der Waals surface area (Å²) in [6.07, 6.45) is 5.46. The summed E-state index contributed by atoms with van der Waals surface area (Å²) in [6.45, 7) is 5.26. The zero-order valence-electron chi connectivity index (χ0n) is 16.3. The highest BCUT2D eigenvalue weighted by molar-refractivity contribution is 5.65. The Hall–Kier alpha value is -2.85. The molecule has 0 spiro atoms. The summed E-state index contributed by atoms with van der Waals surface area (Å²) in [5, 5.41) is 16.1. The third-order valence-corrected chi connectivity index (χ3v) is 5.42. The molecule has 1 aliphatic heterocycles. The number of benzene rings is 1. The second-order valence-corrected chi connectivity index (χ2v) is 7.62. The average molecular weight is 377 g/mol. The van der Waals surface area contributed by atoms with E-state index in [1.54, 1.807) is 18.2 Å². The van der Waals surface area contributed by atoms with Crippen molar-refractivity contribution >= 4 is 23.1 Å². The molecule has 2 aromatic rings. The van der Waals surface area contributed by atoms with Gasteiger partial charge in [0, 0.05) is 36.1 Å². The van der Waals surface area contributed by atoms with Gasteiger partial charge in [0.25, 0.3) is 0 Å². The predicted octanol–water partition coefficient (Wildman–Crippen LogP) is 2.74. The van der Waals surface area contributed by atoms with Crippen molar-refractivity contribution in [1.82, 2.24) is 15.3 Å². The summed E-state index contributed by atoms with van der Waals surface area (Å²) < 4.78 is 0. The lowest BCUT2D eigenvalue weighted by Gasteiger charge is -2.22. The molecule has 0 amide bonds. The van der Waals surface area contributed by atoms with Gasteiger partial charge in [-0.25, -0.2) is 4.98 Å². The minimum absolute atomic E-state index is 0.522. The van der Waals surface area contributed by atoms with Crippen molar-refractivity contribution in [2.24, 2.45) is 0 Å². The first-order chi connectivity index (χ1) is 13.7. The van der Waals surface area contributed by atoms with Gasteiger partial charge in [0.1, 0.15) is 5.82 Å². The molecule has 0 bridgehead atoms. The third-order valence-electron chi connectivity index (χ3n) is 5.42. The largest absolute Gasteiger partial charge is 0.399 e. The molecule has 1 aromatic carbocycles. The van der Waals surface area contributed by atoms with Crippen LogP contribution in [0.2, 0.25) is 0 Å². The van der Waals surface area contributed by atoms with Gasteiger partial charge in [-0.3, -0.25) is 0 Å². The SMILES string of the molecule is CCCN[C@H]1CCN(c2nc(Nc3cc(N)cc(C#N)c3)nc3c2CCC3)C1. The van der Waals surface area contributed by atoms with E-state index in [1.165, 1.54) is 5.56 Å². The standard InChI is InChI=1S/C21H27N7/c1-2-7-24-16-6-8-28(13-16)20-18-4-3-5-19(18)26-21(27-20)25-17-10-14(12-22)9-15(23)11-17/h9-11,16,24H,2-8,13,23H2,1H3,(H,25,26,27)/t16-/m0/s1. The van der Waals surface area contributed by atoms with Gasteiger partial charge in [0.05, 0.1) is 17.3 Å². The van der Waals surface area contributed by atoms with Crippen molar-refractivity contribution in [3.63, 3.8) is 0 Å². The number of rotatable bonds is 6. The van der Waals surface area contributed by atoms with Crippen LogP contribution in [0.15, 0.2) is 18.2 Å². The minimum Gasteiger partial charge on any atom is -0.399 e. The number of anilines is 4. The Bertz CT molecular complexity index is 902. The van der Waals surface area contributed by atoms with Crippen LogP contribution in [0.3, 0.4) is 0 Å². The van der Waals surface area contributed by atoms with Crippen LogP contribution >= 0.6 is 0 Å². The van der Waals surface area contributed by atoms with Crippen LogP contribution in [0.1, 0.15) is 43.0 Å². The van der Waals surface area contributed by atoms with Gasteiger partial charge < -0.3 is 21.3 Å². The van der Waals surface area contributed by atoms with Crippen molar-refractivity contribution in [2.45, 2.75) is 45.1 Å². The van der Waals surface area contributed by atoms with Crippen molar-refractivity contribution in [1.29, 1.82) is 5.26 Å². The molecule has 146 valence electrons. The fourth-order valence-electron chi connectivity index (χ4n) is 4.12. The Morgan fingerprint density at radius 1 is 1.29 bits per heavy atom. The van der Waals surface area contributed by atoms with E-state index in [-0.39, 0.29) is 0 Å². The zero-order chi connectivity index (χ0) is 19.5. The summed E-state index contributed by atoms with van der Waals surface area (Å²) in [4.78, 5) is 12.0. The number of hydrogen-bond acceptors (Lipinski definition) is 7. The van der Waals surface area contributed by atoms with Crippen LogP contribution in [0, 0.1) is 11.3 Å². The Balaban J connectivity index is 1.60. The number of fused-ring (bicyclic) bond motifs is 1. The van der Waals surface area contributed by atoms with E-state index in [2.05, 4.69) is 28.5 Å². The molecule has 28 heavy (non-hydrogen) atoms. The van der Waals surface area contributed by atoms with Crippen molar-refractivity contribution in [2.75, 3.05) is 35.6 Å². The van der Waals surface area contributed by atoms with Crippen molar-refractivity contribution < 1.29 is 0 Å². The first-order valence-corrected chi connectivity index (χ1v) is 10.1. The maximum Gasteiger partial charge on any atom is 0.229 e. The highest BCUT2D eigenvalue weighted by Gasteiger charge is 2.28. The number of nitrogens with two attached hydrogens (primary N) is 1. The third kappa shape index (κ3) is 3.87. The first-order valence-electron chi connectivity index (χ1n) is 10.1. The number of nitriles is 1. The normalized spacial score (nSPS) is 18.1. The Kier molecular flexibility index (Phi) is 5.31. The average Bonchev–Trinajstić information content (AvgIpc) is 3.34. The van der Waals surface area contributed by atoms with Gasteiger partial charge in [-0.15, -0.1) is 0 Å². The van der Waals surface area contributed by atoms with E-state index in [0.717, 1.165) is 68.9 Å². The molecular formula is C21H27N7. The van der Waals surface area contributed by atoms with Gasteiger partial charge in [-0.2, -0.15) is 10.2 Å². The molecule has 1 fully saturated rings. The summed E-state index contributed by atoms with van der Waals surface area (Å²) in [5.41, 5.74) is 10.2. The lowest BCUT2D eigenvalue weighted by molar-refractivity contribution is 0.549. The van der Waals surface area contributed by atoms with Gasteiger partial charge >= 0.3 is 0 Å². The minimum atomic E-state index is 0.522. The molecule has 0 saturated carbocycles. The first kappa shape index (κ1) is 18.5. The number of nitrogens with one attached hydrogen (secondary N) is 2.